The maximum Gasteiger partial charge on any atom is 0.287 e. The zero-order valence-corrected chi connectivity index (χ0v) is 14.3. The van der Waals surface area contributed by atoms with E-state index in [-0.39, 0.29) is 22.1 Å². The third kappa shape index (κ3) is 4.03. The van der Waals surface area contributed by atoms with Gasteiger partial charge in [0.05, 0.1) is 5.75 Å². The Morgan fingerprint density at radius 2 is 1.80 bits per heavy atom. The van der Waals surface area contributed by atoms with Gasteiger partial charge in [-0.15, -0.1) is 0 Å². The standard InChI is InChI=1S/C19H15FN2O2S/c1-13-2-8-16(9-3-13)22-11-10-21-18(19(22)24)25-12-17(23)14-4-6-15(20)7-5-14/h2-11H,12H2,1H3. The average molecular weight is 354 g/mol. The Bertz CT molecular complexity index is 950. The van der Waals surface area contributed by atoms with E-state index < -0.39 is 5.82 Å². The molecule has 0 spiro atoms. The van der Waals surface area contributed by atoms with Crippen LogP contribution < -0.4 is 5.56 Å². The van der Waals surface area contributed by atoms with Crippen molar-refractivity contribution in [2.45, 2.75) is 11.9 Å². The van der Waals surface area contributed by atoms with Crippen LogP contribution in [0.15, 0.2) is 70.7 Å². The van der Waals surface area contributed by atoms with Gasteiger partial charge in [0, 0.05) is 23.6 Å². The van der Waals surface area contributed by atoms with E-state index in [1.807, 2.05) is 31.2 Å². The number of carbonyl (C=O) groups is 1. The number of aryl methyl sites for hydroxylation is 1. The van der Waals surface area contributed by atoms with E-state index in [4.69, 9.17) is 0 Å². The summed E-state index contributed by atoms with van der Waals surface area (Å²) in [7, 11) is 0. The number of aromatic nitrogens is 2. The molecular formula is C19H15FN2O2S. The molecule has 2 aromatic carbocycles. The normalized spacial score (nSPS) is 10.6. The molecule has 3 aromatic rings. The van der Waals surface area contributed by atoms with Gasteiger partial charge in [0.2, 0.25) is 0 Å². The van der Waals surface area contributed by atoms with Crippen LogP contribution in [-0.2, 0) is 0 Å². The predicted octanol–water partition coefficient (Wildman–Crippen LogP) is 3.66. The smallest absolute Gasteiger partial charge is 0.287 e. The van der Waals surface area contributed by atoms with E-state index in [2.05, 4.69) is 4.98 Å². The number of Topliss-reactive ketones (excluding diaryl/α,β-unsaturated/α-hetero) is 1. The van der Waals surface area contributed by atoms with Gasteiger partial charge in [-0.3, -0.25) is 14.2 Å². The van der Waals surface area contributed by atoms with Gasteiger partial charge in [-0.05, 0) is 43.3 Å². The molecule has 0 N–H and O–H groups in total. The molecule has 3 rings (SSSR count). The summed E-state index contributed by atoms with van der Waals surface area (Å²) in [4.78, 5) is 28.8. The minimum absolute atomic E-state index is 0.0613. The van der Waals surface area contributed by atoms with E-state index in [1.54, 1.807) is 6.20 Å². The average Bonchev–Trinajstić information content (AvgIpc) is 2.62. The topological polar surface area (TPSA) is 52.0 Å². The second-order valence-electron chi connectivity index (χ2n) is 5.46. The summed E-state index contributed by atoms with van der Waals surface area (Å²) in [6.45, 7) is 1.97. The molecule has 6 heteroatoms. The molecule has 0 bridgehead atoms. The summed E-state index contributed by atoms with van der Waals surface area (Å²) >= 11 is 1.08. The molecule has 0 unspecified atom stereocenters. The Morgan fingerprint density at radius 3 is 2.48 bits per heavy atom. The van der Waals surface area contributed by atoms with Crippen LogP contribution in [0.25, 0.3) is 5.69 Å². The van der Waals surface area contributed by atoms with Crippen LogP contribution in [0.5, 0.6) is 0 Å². The van der Waals surface area contributed by atoms with Gasteiger partial charge >= 0.3 is 0 Å². The second-order valence-corrected chi connectivity index (χ2v) is 6.43. The summed E-state index contributed by atoms with van der Waals surface area (Å²) < 4.78 is 14.4. The number of ketones is 1. The van der Waals surface area contributed by atoms with Gasteiger partial charge in [-0.2, -0.15) is 0 Å². The molecule has 0 radical (unpaired) electrons. The Kier molecular flexibility index (Phi) is 5.09. The molecule has 4 nitrogen and oxygen atoms in total. The van der Waals surface area contributed by atoms with Crippen LogP contribution in [0.4, 0.5) is 4.39 Å². The van der Waals surface area contributed by atoms with Crippen LogP contribution in [-0.4, -0.2) is 21.1 Å². The Hall–Kier alpha value is -2.73. The first-order chi connectivity index (χ1) is 12.0. The third-order valence-corrected chi connectivity index (χ3v) is 4.59. The first-order valence-electron chi connectivity index (χ1n) is 7.61. The van der Waals surface area contributed by atoms with Crippen molar-refractivity contribution in [3.05, 3.63) is 88.2 Å². The van der Waals surface area contributed by atoms with Gasteiger partial charge in [0.25, 0.3) is 5.56 Å². The maximum atomic E-state index is 12.9. The minimum atomic E-state index is -0.394. The van der Waals surface area contributed by atoms with Gasteiger partial charge in [0.15, 0.2) is 10.8 Å². The monoisotopic (exact) mass is 354 g/mol. The van der Waals surface area contributed by atoms with Gasteiger partial charge < -0.3 is 0 Å². The molecule has 0 saturated heterocycles. The zero-order valence-electron chi connectivity index (χ0n) is 13.5. The van der Waals surface area contributed by atoms with E-state index in [0.717, 1.165) is 23.0 Å². The molecule has 1 heterocycles. The molecule has 0 aliphatic rings. The van der Waals surface area contributed by atoms with Crippen LogP contribution in [0.1, 0.15) is 15.9 Å². The molecule has 25 heavy (non-hydrogen) atoms. The SMILES string of the molecule is Cc1ccc(-n2ccnc(SCC(=O)c3ccc(F)cc3)c2=O)cc1. The highest BCUT2D eigenvalue weighted by Crippen LogP contribution is 2.15. The summed E-state index contributed by atoms with van der Waals surface area (Å²) in [5.41, 5.74) is 1.97. The molecule has 126 valence electrons. The fourth-order valence-electron chi connectivity index (χ4n) is 2.25. The van der Waals surface area contributed by atoms with Crippen molar-refractivity contribution in [3.8, 4) is 5.69 Å². The number of thioether (sulfide) groups is 1. The van der Waals surface area contributed by atoms with Crippen LogP contribution in [0.2, 0.25) is 0 Å². The van der Waals surface area contributed by atoms with Crippen molar-refractivity contribution in [2.75, 3.05) is 5.75 Å². The molecule has 0 atom stereocenters. The van der Waals surface area contributed by atoms with E-state index in [9.17, 15) is 14.0 Å². The van der Waals surface area contributed by atoms with Crippen LogP contribution in [0, 0.1) is 12.7 Å². The van der Waals surface area contributed by atoms with E-state index in [1.165, 1.54) is 35.0 Å². The Morgan fingerprint density at radius 1 is 1.12 bits per heavy atom. The highest BCUT2D eigenvalue weighted by Gasteiger charge is 2.11. The summed E-state index contributed by atoms with van der Waals surface area (Å²) in [6, 6.07) is 12.9. The quantitative estimate of drug-likeness (QED) is 0.518. The molecule has 0 aliphatic heterocycles. The lowest BCUT2D eigenvalue weighted by Crippen LogP contribution is -2.21. The first kappa shape index (κ1) is 17.1. The van der Waals surface area contributed by atoms with Crippen LogP contribution >= 0.6 is 11.8 Å². The predicted molar refractivity (Wildman–Crippen MR) is 96.0 cm³/mol. The van der Waals surface area contributed by atoms with Crippen molar-refractivity contribution in [2.24, 2.45) is 0 Å². The van der Waals surface area contributed by atoms with Gasteiger partial charge in [-0.1, -0.05) is 29.5 Å². The third-order valence-electron chi connectivity index (χ3n) is 3.63. The molecular weight excluding hydrogens is 339 g/mol. The lowest BCUT2D eigenvalue weighted by Gasteiger charge is -2.07. The number of rotatable bonds is 5. The highest BCUT2D eigenvalue weighted by molar-refractivity contribution is 7.99. The molecule has 0 fully saturated rings. The maximum absolute atomic E-state index is 12.9. The largest absolute Gasteiger partial charge is 0.293 e. The second kappa shape index (κ2) is 7.44. The molecule has 1 aromatic heterocycles. The molecule has 0 aliphatic carbocycles. The lowest BCUT2D eigenvalue weighted by molar-refractivity contribution is 0.102. The summed E-state index contributed by atoms with van der Waals surface area (Å²) in [5, 5.41) is 0.249. The number of nitrogens with zero attached hydrogens (tertiary/aromatic N) is 2. The highest BCUT2D eigenvalue weighted by atomic mass is 32.2. The van der Waals surface area contributed by atoms with E-state index >= 15 is 0 Å². The Balaban J connectivity index is 1.78. The van der Waals surface area contributed by atoms with Crippen molar-refractivity contribution >= 4 is 17.5 Å². The van der Waals surface area contributed by atoms with Crippen molar-refractivity contribution in [1.29, 1.82) is 0 Å². The van der Waals surface area contributed by atoms with Crippen LogP contribution in [0.3, 0.4) is 0 Å². The lowest BCUT2D eigenvalue weighted by atomic mass is 10.1. The van der Waals surface area contributed by atoms with Gasteiger partial charge in [0.1, 0.15) is 5.82 Å². The van der Waals surface area contributed by atoms with Crippen molar-refractivity contribution in [3.63, 3.8) is 0 Å². The van der Waals surface area contributed by atoms with Gasteiger partial charge in [-0.25, -0.2) is 9.37 Å². The summed E-state index contributed by atoms with van der Waals surface area (Å²) in [5.74, 6) is -0.516. The minimum Gasteiger partial charge on any atom is -0.293 e. The molecule has 0 amide bonds. The number of carbonyl (C=O) groups excluding carboxylic acids is 1. The zero-order chi connectivity index (χ0) is 17.8. The van der Waals surface area contributed by atoms with Crippen molar-refractivity contribution < 1.29 is 9.18 Å². The van der Waals surface area contributed by atoms with Crippen molar-refractivity contribution in [1.82, 2.24) is 9.55 Å². The first-order valence-corrected chi connectivity index (χ1v) is 8.59. The number of hydrogen-bond acceptors (Lipinski definition) is 4. The Labute approximate surface area is 148 Å². The molecule has 0 saturated carbocycles. The number of halogens is 1. The fraction of sp³-hybridized carbons (Fsp3) is 0.105. The summed E-state index contributed by atoms with van der Waals surface area (Å²) in [6.07, 6.45) is 3.13. The fourth-order valence-corrected chi connectivity index (χ4v) is 3.05. The number of hydrogen-bond donors (Lipinski definition) is 0. The number of benzene rings is 2. The van der Waals surface area contributed by atoms with E-state index in [0.29, 0.717) is 5.56 Å².